The summed E-state index contributed by atoms with van der Waals surface area (Å²) in [6.07, 6.45) is 0.535. The van der Waals surface area contributed by atoms with Crippen molar-refractivity contribution in [2.75, 3.05) is 10.8 Å². The van der Waals surface area contributed by atoms with E-state index in [0.29, 0.717) is 24.3 Å². The number of ether oxygens (including phenoxy) is 1. The van der Waals surface area contributed by atoms with Crippen LogP contribution in [0.2, 0.25) is 0 Å². The monoisotopic (exact) mass is 352 g/mol. The third-order valence-corrected chi connectivity index (χ3v) is 6.19. The van der Waals surface area contributed by atoms with Crippen LogP contribution in [0.1, 0.15) is 13.3 Å². The zero-order valence-electron chi connectivity index (χ0n) is 13.3. The number of hydrogen-bond donors (Lipinski definition) is 3. The van der Waals surface area contributed by atoms with Crippen LogP contribution in [0.15, 0.2) is 48.5 Å². The van der Waals surface area contributed by atoms with E-state index in [1.54, 1.807) is 30.3 Å². The lowest BCUT2D eigenvalue weighted by Crippen LogP contribution is -2.43. The largest absolute Gasteiger partial charge is 0.463 e. The average Bonchev–Trinajstić information content (AvgIpc) is 2.55. The van der Waals surface area contributed by atoms with Crippen molar-refractivity contribution >= 4 is 22.2 Å². The molecule has 1 aliphatic rings. The smallest absolute Gasteiger partial charge is 0.209 e. The van der Waals surface area contributed by atoms with Crippen molar-refractivity contribution < 1.29 is 18.2 Å². The molecule has 0 bridgehead atoms. The van der Waals surface area contributed by atoms with Gasteiger partial charge in [0.15, 0.2) is 11.6 Å². The number of hydrogen-bond acceptors (Lipinski definition) is 5. The summed E-state index contributed by atoms with van der Waals surface area (Å²) >= 11 is 0. The molecule has 7 heteroatoms. The summed E-state index contributed by atoms with van der Waals surface area (Å²) in [5.74, 6) is -0.756. The summed E-state index contributed by atoms with van der Waals surface area (Å²) in [7, 11) is -3.38. The highest BCUT2D eigenvalue weighted by Gasteiger charge is 2.44. The molecule has 1 aliphatic heterocycles. The minimum absolute atomic E-state index is 0.0291. The Morgan fingerprint density at radius 2 is 1.92 bits per heavy atom. The maximum Gasteiger partial charge on any atom is 0.209 e. The third-order valence-electron chi connectivity index (χ3n) is 4.06. The summed E-state index contributed by atoms with van der Waals surface area (Å²) in [5, 5.41) is 0. The number of para-hydroxylation sites is 2. The molecular weight excluding hydrogens is 331 g/mol. The van der Waals surface area contributed by atoms with Gasteiger partial charge in [-0.1, -0.05) is 42.0 Å². The lowest BCUT2D eigenvalue weighted by atomic mass is 10.1. The molecule has 4 N–H and O–H groups in total. The standard InChI is InChI=1S/C17H21FN2O3S/c1-12(10-11-19)17-23-16-14(18)8-5-9-15(16)20(24(17,21)22)13-6-3-2-4-7-13/h2-9,12,17,21-22H,10-11,19H2,1H3. The van der Waals surface area contributed by atoms with Gasteiger partial charge < -0.3 is 10.5 Å². The Labute approximate surface area is 142 Å². The predicted octanol–water partition coefficient (Wildman–Crippen LogP) is 4.33. The van der Waals surface area contributed by atoms with E-state index >= 15 is 0 Å². The molecule has 0 spiro atoms. The number of nitrogens with zero attached hydrogens (tertiary/aromatic N) is 1. The lowest BCUT2D eigenvalue weighted by molar-refractivity contribution is 0.182. The van der Waals surface area contributed by atoms with Crippen LogP contribution in [-0.2, 0) is 0 Å². The van der Waals surface area contributed by atoms with Crippen molar-refractivity contribution in [3.63, 3.8) is 0 Å². The quantitative estimate of drug-likeness (QED) is 0.763. The molecule has 5 nitrogen and oxygen atoms in total. The Balaban J connectivity index is 2.16. The Morgan fingerprint density at radius 1 is 1.21 bits per heavy atom. The highest BCUT2D eigenvalue weighted by atomic mass is 32.3. The van der Waals surface area contributed by atoms with Crippen molar-refractivity contribution in [2.45, 2.75) is 18.8 Å². The van der Waals surface area contributed by atoms with Crippen molar-refractivity contribution in [3.8, 4) is 5.75 Å². The Bertz CT molecular complexity index is 714. The number of nitrogens with two attached hydrogens (primary N) is 1. The second-order valence-electron chi connectivity index (χ2n) is 5.82. The molecule has 2 aromatic carbocycles. The van der Waals surface area contributed by atoms with E-state index < -0.39 is 22.0 Å². The van der Waals surface area contributed by atoms with Gasteiger partial charge in [-0.3, -0.25) is 9.11 Å². The topological polar surface area (TPSA) is 79.0 Å². The highest BCUT2D eigenvalue weighted by Crippen LogP contribution is 2.62. The van der Waals surface area contributed by atoms with Crippen LogP contribution in [0.5, 0.6) is 5.75 Å². The summed E-state index contributed by atoms with van der Waals surface area (Å²) in [6, 6.07) is 13.3. The normalized spacial score (nSPS) is 21.5. The molecule has 0 radical (unpaired) electrons. The van der Waals surface area contributed by atoms with E-state index in [0.717, 1.165) is 0 Å². The first kappa shape index (κ1) is 17.0. The molecule has 2 unspecified atom stereocenters. The molecule has 0 fully saturated rings. The molecule has 1 heterocycles. The van der Waals surface area contributed by atoms with E-state index in [9.17, 15) is 13.5 Å². The van der Waals surface area contributed by atoms with Gasteiger partial charge >= 0.3 is 0 Å². The van der Waals surface area contributed by atoms with E-state index in [1.807, 2.05) is 13.0 Å². The third kappa shape index (κ3) is 2.84. The molecule has 24 heavy (non-hydrogen) atoms. The minimum Gasteiger partial charge on any atom is -0.463 e. The Kier molecular flexibility index (Phi) is 4.69. The maximum atomic E-state index is 14.3. The van der Waals surface area contributed by atoms with Gasteiger partial charge in [0.25, 0.3) is 0 Å². The lowest BCUT2D eigenvalue weighted by Gasteiger charge is -2.53. The molecule has 2 atom stereocenters. The van der Waals surface area contributed by atoms with E-state index in [4.69, 9.17) is 10.5 Å². The zero-order valence-corrected chi connectivity index (χ0v) is 14.1. The Hall–Kier alpha value is -1.80. The van der Waals surface area contributed by atoms with Crippen molar-refractivity contribution in [1.82, 2.24) is 0 Å². The number of rotatable bonds is 4. The van der Waals surface area contributed by atoms with Gasteiger partial charge in [0.1, 0.15) is 5.69 Å². The molecule has 2 aromatic rings. The fraction of sp³-hybridized carbons (Fsp3) is 0.294. The molecule has 130 valence electrons. The van der Waals surface area contributed by atoms with E-state index in [-0.39, 0.29) is 11.7 Å². The van der Waals surface area contributed by atoms with Crippen molar-refractivity contribution in [2.24, 2.45) is 11.7 Å². The van der Waals surface area contributed by atoms with Crippen LogP contribution in [0.3, 0.4) is 0 Å². The van der Waals surface area contributed by atoms with Gasteiger partial charge in [0.2, 0.25) is 5.44 Å². The van der Waals surface area contributed by atoms with Crippen LogP contribution in [0.25, 0.3) is 0 Å². The van der Waals surface area contributed by atoms with Gasteiger partial charge in [-0.25, -0.2) is 8.70 Å². The highest BCUT2D eigenvalue weighted by molar-refractivity contribution is 8.26. The van der Waals surface area contributed by atoms with Gasteiger partial charge in [-0.05, 0) is 37.2 Å². The van der Waals surface area contributed by atoms with Crippen LogP contribution in [-0.4, -0.2) is 21.1 Å². The van der Waals surface area contributed by atoms with Gasteiger partial charge in [-0.2, -0.15) is 0 Å². The average molecular weight is 352 g/mol. The first-order valence-corrected chi connectivity index (χ1v) is 9.31. The first-order chi connectivity index (χ1) is 11.5. The molecular formula is C17H21FN2O3S. The van der Waals surface area contributed by atoms with Crippen LogP contribution < -0.4 is 14.8 Å². The fourth-order valence-electron chi connectivity index (χ4n) is 2.89. The molecule has 0 amide bonds. The predicted molar refractivity (Wildman–Crippen MR) is 95.1 cm³/mol. The summed E-state index contributed by atoms with van der Waals surface area (Å²) in [6.45, 7) is 2.20. The second-order valence-corrected chi connectivity index (χ2v) is 7.77. The number of fused-ring (bicyclic) bond motifs is 1. The van der Waals surface area contributed by atoms with Crippen LogP contribution in [0.4, 0.5) is 15.8 Å². The second kappa shape index (κ2) is 6.60. The first-order valence-electron chi connectivity index (χ1n) is 7.74. The molecule has 3 rings (SSSR count). The maximum absolute atomic E-state index is 14.3. The summed E-state index contributed by atoms with van der Waals surface area (Å²) in [5.41, 5.74) is 5.50. The van der Waals surface area contributed by atoms with Gasteiger partial charge in [0.05, 0.1) is 5.69 Å². The SMILES string of the molecule is CC(CCN)C1Oc2c(F)cccc2N(c2ccccc2)S1(O)O. The van der Waals surface area contributed by atoms with Gasteiger partial charge in [-0.15, -0.1) is 0 Å². The van der Waals surface area contributed by atoms with E-state index in [1.165, 1.54) is 16.4 Å². The minimum atomic E-state index is -3.38. The van der Waals surface area contributed by atoms with Crippen molar-refractivity contribution in [1.29, 1.82) is 0 Å². The number of benzene rings is 2. The number of halogens is 1. The summed E-state index contributed by atoms with van der Waals surface area (Å²) < 4.78 is 43.3. The van der Waals surface area contributed by atoms with Gasteiger partial charge in [0, 0.05) is 5.92 Å². The Morgan fingerprint density at radius 3 is 2.58 bits per heavy atom. The van der Waals surface area contributed by atoms with Crippen LogP contribution >= 0.6 is 10.8 Å². The zero-order chi connectivity index (χ0) is 17.3. The summed E-state index contributed by atoms with van der Waals surface area (Å²) in [4.78, 5) is 0. The van der Waals surface area contributed by atoms with E-state index in [2.05, 4.69) is 0 Å². The number of anilines is 2. The molecule has 0 saturated heterocycles. The van der Waals surface area contributed by atoms with Crippen LogP contribution in [0, 0.1) is 11.7 Å². The molecule has 0 aliphatic carbocycles. The van der Waals surface area contributed by atoms with Crippen molar-refractivity contribution in [3.05, 3.63) is 54.3 Å². The fourth-order valence-corrected chi connectivity index (χ4v) is 4.95. The molecule has 0 saturated carbocycles. The molecule has 0 aromatic heterocycles.